The fourth-order valence-corrected chi connectivity index (χ4v) is 1.04. The molecule has 0 aromatic carbocycles. The third kappa shape index (κ3) is 8.88. The molecule has 0 aliphatic heterocycles. The molecule has 0 saturated carbocycles. The first kappa shape index (κ1) is 15.3. The van der Waals surface area contributed by atoms with E-state index in [0.29, 0.717) is 19.6 Å². The largest absolute Gasteiger partial charge is 0.384 e. The van der Waals surface area contributed by atoms with Gasteiger partial charge in [0.05, 0.1) is 13.2 Å². The molecule has 0 fully saturated rings. The zero-order chi connectivity index (χ0) is 8.69. The Morgan fingerprint density at radius 1 is 1.25 bits per heavy atom. The van der Waals surface area contributed by atoms with Gasteiger partial charge in [-0.25, -0.2) is 0 Å². The smallest absolute Gasteiger partial charge is 0.130 e. The minimum absolute atomic E-state index is 0. The SMILES string of the molecule is COCC(COC)CC(C)=O.[La]. The van der Waals surface area contributed by atoms with Crippen LogP contribution in [0.5, 0.6) is 0 Å². The van der Waals surface area contributed by atoms with Crippen molar-refractivity contribution in [3.05, 3.63) is 0 Å². The summed E-state index contributed by atoms with van der Waals surface area (Å²) in [5, 5.41) is 0. The van der Waals surface area contributed by atoms with Gasteiger partial charge in [-0.3, -0.25) is 0 Å². The van der Waals surface area contributed by atoms with Gasteiger partial charge in [0.25, 0.3) is 0 Å². The molecule has 0 aliphatic rings. The zero-order valence-electron chi connectivity index (χ0n) is 8.00. The number of hydrogen-bond donors (Lipinski definition) is 0. The van der Waals surface area contributed by atoms with Crippen molar-refractivity contribution in [3.8, 4) is 0 Å². The van der Waals surface area contributed by atoms with Gasteiger partial charge in [-0.1, -0.05) is 0 Å². The molecule has 4 heteroatoms. The van der Waals surface area contributed by atoms with Crippen molar-refractivity contribution in [3.63, 3.8) is 0 Å². The normalized spacial score (nSPS) is 9.67. The van der Waals surface area contributed by atoms with E-state index in [1.807, 2.05) is 0 Å². The Morgan fingerprint density at radius 2 is 1.67 bits per heavy atom. The summed E-state index contributed by atoms with van der Waals surface area (Å²) in [7, 11) is 3.26. The predicted molar refractivity (Wildman–Crippen MR) is 42.5 cm³/mol. The fraction of sp³-hybridized carbons (Fsp3) is 0.875. The molecular weight excluding hydrogens is 283 g/mol. The molecule has 1 radical (unpaired) electrons. The molecule has 12 heavy (non-hydrogen) atoms. The van der Waals surface area contributed by atoms with Crippen LogP contribution in [0.4, 0.5) is 0 Å². The van der Waals surface area contributed by atoms with Gasteiger partial charge in [0.2, 0.25) is 0 Å². The van der Waals surface area contributed by atoms with Crippen LogP contribution < -0.4 is 0 Å². The van der Waals surface area contributed by atoms with Crippen LogP contribution in [0.2, 0.25) is 0 Å². The summed E-state index contributed by atoms with van der Waals surface area (Å²) in [6.45, 7) is 2.76. The molecule has 0 spiro atoms. The first-order valence-electron chi connectivity index (χ1n) is 3.68. The summed E-state index contributed by atoms with van der Waals surface area (Å²) < 4.78 is 9.85. The van der Waals surface area contributed by atoms with Gasteiger partial charge in [0.1, 0.15) is 5.78 Å². The van der Waals surface area contributed by atoms with E-state index in [2.05, 4.69) is 0 Å². The number of Topliss-reactive ketones (excluding diaryl/α,β-unsaturated/α-hetero) is 1. The third-order valence-corrected chi connectivity index (χ3v) is 1.38. The van der Waals surface area contributed by atoms with E-state index >= 15 is 0 Å². The summed E-state index contributed by atoms with van der Waals surface area (Å²) in [5.41, 5.74) is 0. The number of ether oxygens (including phenoxy) is 2. The van der Waals surface area contributed by atoms with Gasteiger partial charge in [0, 0.05) is 62.2 Å². The van der Waals surface area contributed by atoms with Gasteiger partial charge in [-0.2, -0.15) is 0 Å². The molecule has 0 heterocycles. The first-order valence-corrected chi connectivity index (χ1v) is 3.68. The zero-order valence-corrected chi connectivity index (χ0v) is 11.6. The molecule has 0 bridgehead atoms. The second-order valence-corrected chi connectivity index (χ2v) is 2.68. The van der Waals surface area contributed by atoms with Crippen molar-refractivity contribution in [2.45, 2.75) is 13.3 Å². The van der Waals surface area contributed by atoms with E-state index < -0.39 is 0 Å². The maximum Gasteiger partial charge on any atom is 0.130 e. The number of methoxy groups -OCH3 is 2. The summed E-state index contributed by atoms with van der Waals surface area (Å²) in [6.07, 6.45) is 0.543. The topological polar surface area (TPSA) is 35.5 Å². The molecule has 0 rings (SSSR count). The molecule has 3 nitrogen and oxygen atoms in total. The summed E-state index contributed by atoms with van der Waals surface area (Å²) in [6, 6.07) is 0. The van der Waals surface area contributed by atoms with Crippen molar-refractivity contribution in [2.24, 2.45) is 5.92 Å². The molecule has 0 aromatic rings. The van der Waals surface area contributed by atoms with Gasteiger partial charge < -0.3 is 14.3 Å². The monoisotopic (exact) mass is 299 g/mol. The van der Waals surface area contributed by atoms with Crippen LogP contribution in [-0.2, 0) is 14.3 Å². The molecule has 0 aromatic heterocycles. The van der Waals surface area contributed by atoms with Crippen molar-refractivity contribution >= 4 is 5.78 Å². The van der Waals surface area contributed by atoms with Crippen molar-refractivity contribution in [1.29, 1.82) is 0 Å². The van der Waals surface area contributed by atoms with Gasteiger partial charge >= 0.3 is 0 Å². The Kier molecular flexibility index (Phi) is 12.6. The van der Waals surface area contributed by atoms with Crippen LogP contribution in [0.1, 0.15) is 13.3 Å². The molecule has 0 N–H and O–H groups in total. The molecule has 0 amide bonds. The van der Waals surface area contributed by atoms with Crippen LogP contribution in [0.3, 0.4) is 0 Å². The Morgan fingerprint density at radius 3 is 1.92 bits per heavy atom. The summed E-state index contributed by atoms with van der Waals surface area (Å²) in [4.78, 5) is 10.7. The maximum absolute atomic E-state index is 10.7. The average molecular weight is 299 g/mol. The Hall–Kier alpha value is 0.785. The van der Waals surface area contributed by atoms with Gasteiger partial charge in [-0.15, -0.1) is 0 Å². The fourth-order valence-electron chi connectivity index (χ4n) is 1.04. The molecule has 69 valence electrons. The van der Waals surface area contributed by atoms with Crippen LogP contribution in [0, 0.1) is 41.5 Å². The third-order valence-electron chi connectivity index (χ3n) is 1.38. The summed E-state index contributed by atoms with van der Waals surface area (Å²) in [5.74, 6) is 0.395. The van der Waals surface area contributed by atoms with Gasteiger partial charge in [-0.05, 0) is 6.92 Å². The van der Waals surface area contributed by atoms with Crippen LogP contribution in [0.25, 0.3) is 0 Å². The van der Waals surface area contributed by atoms with Crippen molar-refractivity contribution < 1.29 is 49.9 Å². The molecule has 0 unspecified atom stereocenters. The second kappa shape index (κ2) is 9.87. The Bertz CT molecular complexity index is 111. The molecular formula is C8H16LaO3. The molecule has 0 aliphatic carbocycles. The van der Waals surface area contributed by atoms with E-state index in [9.17, 15) is 4.79 Å². The van der Waals surface area contributed by atoms with E-state index in [-0.39, 0.29) is 47.3 Å². The Balaban J connectivity index is 0. The van der Waals surface area contributed by atoms with E-state index in [1.54, 1.807) is 21.1 Å². The first-order chi connectivity index (χ1) is 5.20. The quantitative estimate of drug-likeness (QED) is 0.730. The molecule has 0 saturated heterocycles. The average Bonchev–Trinajstić information content (AvgIpc) is 1.87. The number of carbonyl (C=O) groups is 1. The van der Waals surface area contributed by atoms with Crippen molar-refractivity contribution in [2.75, 3.05) is 27.4 Å². The maximum atomic E-state index is 10.7. The van der Waals surface area contributed by atoms with Crippen LogP contribution in [0.15, 0.2) is 0 Å². The number of hydrogen-bond acceptors (Lipinski definition) is 3. The number of ketones is 1. The number of rotatable bonds is 6. The van der Waals surface area contributed by atoms with E-state index in [1.165, 1.54) is 0 Å². The van der Waals surface area contributed by atoms with Crippen LogP contribution in [-0.4, -0.2) is 33.2 Å². The summed E-state index contributed by atoms with van der Waals surface area (Å²) >= 11 is 0. The second-order valence-electron chi connectivity index (χ2n) is 2.68. The van der Waals surface area contributed by atoms with Crippen molar-refractivity contribution in [1.82, 2.24) is 0 Å². The predicted octanol–water partition coefficient (Wildman–Crippen LogP) is 0.875. The number of carbonyl (C=O) groups excluding carboxylic acids is 1. The minimum atomic E-state index is 0. The van der Waals surface area contributed by atoms with E-state index in [4.69, 9.17) is 9.47 Å². The van der Waals surface area contributed by atoms with Crippen LogP contribution >= 0.6 is 0 Å². The van der Waals surface area contributed by atoms with Gasteiger partial charge in [0.15, 0.2) is 0 Å². The standard InChI is InChI=1S/C8H16O3.La/c1-7(9)4-8(5-10-2)6-11-3;/h8H,4-6H2,1-3H3;. The molecule has 0 atom stereocenters. The Labute approximate surface area is 102 Å². The minimum Gasteiger partial charge on any atom is -0.384 e. The van der Waals surface area contributed by atoms with E-state index in [0.717, 1.165) is 0 Å².